The fourth-order valence-electron chi connectivity index (χ4n) is 7.15. The van der Waals surface area contributed by atoms with Crippen LogP contribution in [0.4, 0.5) is 0 Å². The van der Waals surface area contributed by atoms with E-state index in [1.54, 1.807) is 0 Å². The van der Waals surface area contributed by atoms with Gasteiger partial charge < -0.3 is 14.2 Å². The maximum Gasteiger partial charge on any atom is 0.306 e. The topological polar surface area (TPSA) is 78.9 Å². The van der Waals surface area contributed by atoms with Crippen LogP contribution in [0.3, 0.4) is 0 Å². The van der Waals surface area contributed by atoms with E-state index in [9.17, 15) is 14.4 Å². The van der Waals surface area contributed by atoms with Gasteiger partial charge in [0.25, 0.3) is 0 Å². The second kappa shape index (κ2) is 52.9. The van der Waals surface area contributed by atoms with Crippen LogP contribution in [-0.4, -0.2) is 37.2 Å². The summed E-state index contributed by atoms with van der Waals surface area (Å²) in [5.74, 6) is -0.962. The van der Waals surface area contributed by atoms with Gasteiger partial charge in [0.2, 0.25) is 0 Å². The summed E-state index contributed by atoms with van der Waals surface area (Å²) in [6.45, 7) is 6.43. The summed E-state index contributed by atoms with van der Waals surface area (Å²) < 4.78 is 16.8. The molecular formula is C59H98O6. The number of carbonyl (C=O) groups is 3. The third-order valence-corrected chi connectivity index (χ3v) is 11.2. The van der Waals surface area contributed by atoms with Gasteiger partial charge in [0.15, 0.2) is 6.10 Å². The Morgan fingerprint density at radius 2 is 0.615 bits per heavy atom. The first-order valence-corrected chi connectivity index (χ1v) is 26.8. The van der Waals surface area contributed by atoms with E-state index < -0.39 is 6.10 Å². The molecule has 0 aromatic carbocycles. The quantitative estimate of drug-likeness (QED) is 0.0199. The van der Waals surface area contributed by atoms with Gasteiger partial charge in [-0.15, -0.1) is 0 Å². The predicted octanol–water partition coefficient (Wildman–Crippen LogP) is 17.8. The zero-order valence-electron chi connectivity index (χ0n) is 42.2. The molecule has 0 N–H and O–H groups in total. The molecule has 0 saturated carbocycles. The number of rotatable bonds is 47. The Morgan fingerprint density at radius 3 is 1.00 bits per heavy atom. The average Bonchev–Trinajstić information content (AvgIpc) is 3.30. The van der Waals surface area contributed by atoms with Crippen LogP contribution in [-0.2, 0) is 28.6 Å². The smallest absolute Gasteiger partial charge is 0.306 e. The Hall–Kier alpha value is -3.67. The number of allylic oxidation sites excluding steroid dienone is 16. The molecule has 0 heterocycles. The van der Waals surface area contributed by atoms with E-state index >= 15 is 0 Å². The Bertz CT molecular complexity index is 1310. The largest absolute Gasteiger partial charge is 0.462 e. The molecule has 0 bridgehead atoms. The van der Waals surface area contributed by atoms with E-state index in [1.165, 1.54) is 77.0 Å². The van der Waals surface area contributed by atoms with Gasteiger partial charge in [-0.1, -0.05) is 227 Å². The highest BCUT2D eigenvalue weighted by Crippen LogP contribution is 2.13. The van der Waals surface area contributed by atoms with Crippen molar-refractivity contribution < 1.29 is 28.6 Å². The van der Waals surface area contributed by atoms with Crippen molar-refractivity contribution in [2.24, 2.45) is 0 Å². The van der Waals surface area contributed by atoms with Crippen molar-refractivity contribution in [3.63, 3.8) is 0 Å². The zero-order chi connectivity index (χ0) is 47.2. The molecule has 1 unspecified atom stereocenters. The summed E-state index contributed by atoms with van der Waals surface area (Å²) in [4.78, 5) is 38.0. The molecule has 0 aromatic rings. The van der Waals surface area contributed by atoms with Gasteiger partial charge >= 0.3 is 17.9 Å². The summed E-state index contributed by atoms with van der Waals surface area (Å²) >= 11 is 0. The molecule has 0 aliphatic rings. The first-order chi connectivity index (χ1) is 32.0. The highest BCUT2D eigenvalue weighted by molar-refractivity contribution is 5.71. The molecule has 0 aliphatic heterocycles. The molecule has 0 aliphatic carbocycles. The first-order valence-electron chi connectivity index (χ1n) is 26.8. The monoisotopic (exact) mass is 903 g/mol. The molecule has 1 atom stereocenters. The molecule has 0 spiro atoms. The molecule has 65 heavy (non-hydrogen) atoms. The number of hydrogen-bond donors (Lipinski definition) is 0. The van der Waals surface area contributed by atoms with Crippen molar-refractivity contribution in [1.29, 1.82) is 0 Å². The minimum absolute atomic E-state index is 0.103. The van der Waals surface area contributed by atoms with Crippen molar-refractivity contribution in [2.75, 3.05) is 13.2 Å². The zero-order valence-corrected chi connectivity index (χ0v) is 42.2. The van der Waals surface area contributed by atoms with E-state index in [1.807, 2.05) is 18.2 Å². The Balaban J connectivity index is 4.49. The van der Waals surface area contributed by atoms with Crippen molar-refractivity contribution in [1.82, 2.24) is 0 Å². The second-order valence-corrected chi connectivity index (χ2v) is 17.5. The van der Waals surface area contributed by atoms with E-state index in [0.717, 1.165) is 122 Å². The van der Waals surface area contributed by atoms with Gasteiger partial charge in [0, 0.05) is 19.3 Å². The van der Waals surface area contributed by atoms with Crippen LogP contribution >= 0.6 is 0 Å². The van der Waals surface area contributed by atoms with E-state index in [-0.39, 0.29) is 31.1 Å². The van der Waals surface area contributed by atoms with E-state index in [4.69, 9.17) is 14.2 Å². The lowest BCUT2D eigenvalue weighted by atomic mass is 10.1. The van der Waals surface area contributed by atoms with Crippen LogP contribution in [0.15, 0.2) is 97.2 Å². The van der Waals surface area contributed by atoms with E-state index in [0.29, 0.717) is 19.3 Å². The summed E-state index contributed by atoms with van der Waals surface area (Å²) in [5, 5.41) is 0. The van der Waals surface area contributed by atoms with Crippen molar-refractivity contribution in [3.05, 3.63) is 97.2 Å². The minimum Gasteiger partial charge on any atom is -0.462 e. The van der Waals surface area contributed by atoms with Crippen LogP contribution in [0, 0.1) is 0 Å². The number of hydrogen-bond acceptors (Lipinski definition) is 6. The van der Waals surface area contributed by atoms with Gasteiger partial charge in [-0.3, -0.25) is 14.4 Å². The Kier molecular flexibility index (Phi) is 50.0. The fourth-order valence-corrected chi connectivity index (χ4v) is 7.15. The summed E-state index contributed by atoms with van der Waals surface area (Å²) in [6, 6.07) is 0. The van der Waals surface area contributed by atoms with E-state index in [2.05, 4.69) is 99.8 Å². The SMILES string of the molecule is CC\C=C/C=C\C=C/C=C\CCCCCCCC(=O)OC(COC(=O)CCCCC/C=C\CCCCCCCCC)COC(=O)CCCCCCC\C=C/C=C\C=C/CCCCCCC. The summed E-state index contributed by atoms with van der Waals surface area (Å²) in [5.41, 5.74) is 0. The van der Waals surface area contributed by atoms with Gasteiger partial charge in [-0.2, -0.15) is 0 Å². The lowest BCUT2D eigenvalue weighted by molar-refractivity contribution is -0.167. The number of carbonyl (C=O) groups excluding carboxylic acids is 3. The molecule has 6 nitrogen and oxygen atoms in total. The molecule has 6 heteroatoms. The third kappa shape index (κ3) is 51.2. The molecule has 0 amide bonds. The molecule has 0 aromatic heterocycles. The number of esters is 3. The van der Waals surface area contributed by atoms with Crippen LogP contribution in [0.25, 0.3) is 0 Å². The van der Waals surface area contributed by atoms with Crippen molar-refractivity contribution in [3.8, 4) is 0 Å². The standard InChI is InChI=1S/C59H98O6/c1-4-7-10-13-16-19-22-25-28-29-30-32-34-37-40-43-46-49-52-58(61)64-55-56(54-63-57(60)51-48-45-42-39-36-33-27-24-21-18-15-12-9-6-3)65-59(62)53-50-47-44-41-38-35-31-26-23-20-17-14-11-8-5-2/h8,11,14,17,20,22-23,25-26,28-33,36,56H,4-7,9-10,12-13,15-16,18-19,21,24,27,34-35,37-55H2,1-3H3/b11-8-,17-14-,23-20-,25-22-,29-28-,31-26-,32-30-,36-33-. The number of unbranched alkanes of at least 4 members (excludes halogenated alkanes) is 25. The highest BCUT2D eigenvalue weighted by Gasteiger charge is 2.19. The van der Waals surface area contributed by atoms with Crippen LogP contribution in [0.5, 0.6) is 0 Å². The highest BCUT2D eigenvalue weighted by atomic mass is 16.6. The fraction of sp³-hybridized carbons (Fsp3) is 0.678. The minimum atomic E-state index is -0.805. The molecule has 370 valence electrons. The molecule has 0 radical (unpaired) electrons. The van der Waals surface area contributed by atoms with Crippen molar-refractivity contribution in [2.45, 2.75) is 245 Å². The van der Waals surface area contributed by atoms with Gasteiger partial charge in [-0.05, 0) is 89.9 Å². The van der Waals surface area contributed by atoms with Gasteiger partial charge in [-0.25, -0.2) is 0 Å². The number of ether oxygens (including phenoxy) is 3. The molecule has 0 rings (SSSR count). The summed E-state index contributed by atoms with van der Waals surface area (Å²) in [6.07, 6.45) is 69.6. The Labute approximate surface area is 400 Å². The van der Waals surface area contributed by atoms with Crippen LogP contribution in [0.2, 0.25) is 0 Å². The lowest BCUT2D eigenvalue weighted by Crippen LogP contribution is -2.30. The average molecular weight is 903 g/mol. The first kappa shape index (κ1) is 61.3. The molecule has 0 fully saturated rings. The molecular weight excluding hydrogens is 805 g/mol. The van der Waals surface area contributed by atoms with Crippen LogP contribution < -0.4 is 0 Å². The summed E-state index contributed by atoms with van der Waals surface area (Å²) in [7, 11) is 0. The predicted molar refractivity (Wildman–Crippen MR) is 279 cm³/mol. The lowest BCUT2D eigenvalue weighted by Gasteiger charge is -2.18. The maximum atomic E-state index is 12.8. The Morgan fingerprint density at radius 1 is 0.323 bits per heavy atom. The maximum absolute atomic E-state index is 12.8. The molecule has 0 saturated heterocycles. The van der Waals surface area contributed by atoms with Crippen LogP contribution in [0.1, 0.15) is 239 Å². The normalized spacial score (nSPS) is 12.8. The third-order valence-electron chi connectivity index (χ3n) is 11.2. The van der Waals surface area contributed by atoms with Crippen molar-refractivity contribution >= 4 is 17.9 Å². The second-order valence-electron chi connectivity index (χ2n) is 17.5. The van der Waals surface area contributed by atoms with Gasteiger partial charge in [0.1, 0.15) is 13.2 Å². The van der Waals surface area contributed by atoms with Gasteiger partial charge in [0.05, 0.1) is 0 Å².